The van der Waals surface area contributed by atoms with Crippen molar-refractivity contribution >= 4 is 29.1 Å². The van der Waals surface area contributed by atoms with Gasteiger partial charge in [0.25, 0.3) is 0 Å². The Morgan fingerprint density at radius 1 is 1.19 bits per heavy atom. The summed E-state index contributed by atoms with van der Waals surface area (Å²) in [7, 11) is 0. The number of hydrogen-bond acceptors (Lipinski definition) is 6. The van der Waals surface area contributed by atoms with Crippen LogP contribution in [-0.2, 0) is 17.9 Å². The van der Waals surface area contributed by atoms with E-state index in [1.807, 2.05) is 36.6 Å². The molecular formula is C24H26N4O3S. The molecule has 0 saturated carbocycles. The van der Waals surface area contributed by atoms with Crippen LogP contribution in [0.3, 0.4) is 0 Å². The molecule has 0 spiro atoms. The Bertz CT molecular complexity index is 1140. The third kappa shape index (κ3) is 6.07. The zero-order chi connectivity index (χ0) is 23.1. The molecule has 0 bridgehead atoms. The van der Waals surface area contributed by atoms with Crippen LogP contribution in [0, 0.1) is 13.8 Å². The fourth-order valence-electron chi connectivity index (χ4n) is 2.99. The molecular weight excluding hydrogens is 424 g/mol. The van der Waals surface area contributed by atoms with Gasteiger partial charge in [-0.1, -0.05) is 42.1 Å². The summed E-state index contributed by atoms with van der Waals surface area (Å²) < 4.78 is 7.85. The Balaban J connectivity index is 1.64. The minimum atomic E-state index is -0.197. The lowest BCUT2D eigenvalue weighted by molar-refractivity contribution is -0.113. The van der Waals surface area contributed by atoms with Crippen molar-refractivity contribution in [3.05, 3.63) is 77.6 Å². The summed E-state index contributed by atoms with van der Waals surface area (Å²) >= 11 is 1.28. The summed E-state index contributed by atoms with van der Waals surface area (Å²) in [6, 6.07) is 12.9. The van der Waals surface area contributed by atoms with Gasteiger partial charge in [0.1, 0.15) is 12.4 Å². The summed E-state index contributed by atoms with van der Waals surface area (Å²) in [5, 5.41) is 11.9. The molecule has 0 aliphatic carbocycles. The van der Waals surface area contributed by atoms with E-state index in [-0.39, 0.29) is 24.1 Å². The Hall–Kier alpha value is -3.39. The van der Waals surface area contributed by atoms with Crippen molar-refractivity contribution in [2.45, 2.75) is 39.1 Å². The van der Waals surface area contributed by atoms with E-state index in [0.717, 1.165) is 16.9 Å². The maximum atomic E-state index is 12.4. The lowest BCUT2D eigenvalue weighted by Gasteiger charge is -2.11. The molecule has 0 fully saturated rings. The van der Waals surface area contributed by atoms with Gasteiger partial charge in [0.2, 0.25) is 5.91 Å². The summed E-state index contributed by atoms with van der Waals surface area (Å²) in [5.41, 5.74) is 3.30. The molecule has 0 aliphatic heterocycles. The van der Waals surface area contributed by atoms with Crippen molar-refractivity contribution in [3.8, 4) is 5.75 Å². The second-order valence-electron chi connectivity index (χ2n) is 7.33. The Kier molecular flexibility index (Phi) is 7.83. The van der Waals surface area contributed by atoms with Crippen molar-refractivity contribution in [1.29, 1.82) is 0 Å². The quantitative estimate of drug-likeness (QED) is 0.276. The van der Waals surface area contributed by atoms with Crippen LogP contribution in [0.1, 0.15) is 34.2 Å². The third-order valence-corrected chi connectivity index (χ3v) is 5.66. The second-order valence-corrected chi connectivity index (χ2v) is 8.27. The highest BCUT2D eigenvalue weighted by molar-refractivity contribution is 7.99. The van der Waals surface area contributed by atoms with Gasteiger partial charge < -0.3 is 10.1 Å². The monoisotopic (exact) mass is 450 g/mol. The van der Waals surface area contributed by atoms with Crippen molar-refractivity contribution in [2.75, 3.05) is 11.1 Å². The smallest absolute Gasteiger partial charge is 0.234 e. The lowest BCUT2D eigenvalue weighted by atomic mass is 10.1. The average molecular weight is 451 g/mol. The highest BCUT2D eigenvalue weighted by Gasteiger charge is 2.15. The number of benzene rings is 2. The molecule has 1 N–H and O–H groups in total. The molecule has 1 heterocycles. The number of aromatic nitrogens is 3. The van der Waals surface area contributed by atoms with Crippen molar-refractivity contribution in [3.63, 3.8) is 0 Å². The molecule has 3 aromatic rings. The molecule has 0 aliphatic rings. The summed E-state index contributed by atoms with van der Waals surface area (Å²) in [5.74, 6) is 1.36. The Morgan fingerprint density at radius 2 is 2.00 bits per heavy atom. The molecule has 1 aromatic heterocycles. The van der Waals surface area contributed by atoms with Gasteiger partial charge in [-0.2, -0.15) is 0 Å². The minimum absolute atomic E-state index is 0.0522. The molecule has 32 heavy (non-hydrogen) atoms. The van der Waals surface area contributed by atoms with Gasteiger partial charge in [0, 0.05) is 17.8 Å². The Morgan fingerprint density at radius 3 is 2.75 bits per heavy atom. The normalized spacial score (nSPS) is 10.6. The number of nitrogens with zero attached hydrogens (tertiary/aromatic N) is 3. The number of anilines is 1. The van der Waals surface area contributed by atoms with Crippen molar-refractivity contribution in [2.24, 2.45) is 0 Å². The van der Waals surface area contributed by atoms with Gasteiger partial charge in [-0.15, -0.1) is 16.8 Å². The highest BCUT2D eigenvalue weighted by Crippen LogP contribution is 2.22. The zero-order valence-electron chi connectivity index (χ0n) is 18.4. The van der Waals surface area contributed by atoms with E-state index in [0.29, 0.717) is 28.8 Å². The first-order valence-corrected chi connectivity index (χ1v) is 11.1. The van der Waals surface area contributed by atoms with E-state index in [1.54, 1.807) is 30.3 Å². The fraction of sp³-hybridized carbons (Fsp3) is 0.250. The Labute approximate surface area is 191 Å². The SMILES string of the molecule is C=CCn1c(COc2cc(C)ccc2C)nnc1SCC(=O)Nc1cccc(C(C)=O)c1. The average Bonchev–Trinajstić information content (AvgIpc) is 3.15. The van der Waals surface area contributed by atoms with Crippen molar-refractivity contribution < 1.29 is 14.3 Å². The molecule has 8 heteroatoms. The summed E-state index contributed by atoms with van der Waals surface area (Å²) in [4.78, 5) is 23.9. The predicted molar refractivity (Wildman–Crippen MR) is 126 cm³/mol. The van der Waals surface area contributed by atoms with Crippen LogP contribution in [0.25, 0.3) is 0 Å². The number of aryl methyl sites for hydroxylation is 2. The van der Waals surface area contributed by atoms with Gasteiger partial charge in [-0.25, -0.2) is 0 Å². The maximum Gasteiger partial charge on any atom is 0.234 e. The number of Topliss-reactive ketones (excluding diaryl/α,β-unsaturated/α-hetero) is 1. The number of thioether (sulfide) groups is 1. The fourth-order valence-corrected chi connectivity index (χ4v) is 3.76. The number of carbonyl (C=O) groups excluding carboxylic acids is 2. The summed E-state index contributed by atoms with van der Waals surface area (Å²) in [6.45, 7) is 10.1. The number of hydrogen-bond donors (Lipinski definition) is 1. The van der Waals surface area contributed by atoms with E-state index < -0.39 is 0 Å². The van der Waals surface area contributed by atoms with E-state index in [4.69, 9.17) is 4.74 Å². The first-order valence-electron chi connectivity index (χ1n) is 10.1. The van der Waals surface area contributed by atoms with Crippen LogP contribution in [0.2, 0.25) is 0 Å². The summed E-state index contributed by atoms with van der Waals surface area (Å²) in [6.07, 6.45) is 1.75. The van der Waals surface area contributed by atoms with E-state index in [2.05, 4.69) is 22.1 Å². The predicted octanol–water partition coefficient (Wildman–Crippen LogP) is 4.59. The zero-order valence-corrected chi connectivity index (χ0v) is 19.2. The number of ether oxygens (including phenoxy) is 1. The molecule has 2 aromatic carbocycles. The van der Waals surface area contributed by atoms with Crippen LogP contribution in [0.15, 0.2) is 60.3 Å². The molecule has 0 atom stereocenters. The number of allylic oxidation sites excluding steroid dienone is 1. The van der Waals surface area contributed by atoms with Crippen LogP contribution in [-0.4, -0.2) is 32.2 Å². The van der Waals surface area contributed by atoms with Crippen LogP contribution in [0.5, 0.6) is 5.75 Å². The van der Waals surface area contributed by atoms with E-state index >= 15 is 0 Å². The maximum absolute atomic E-state index is 12.4. The second kappa shape index (κ2) is 10.8. The van der Waals surface area contributed by atoms with Gasteiger partial charge in [0.05, 0.1) is 5.75 Å². The number of amides is 1. The largest absolute Gasteiger partial charge is 0.485 e. The van der Waals surface area contributed by atoms with Crippen LogP contribution < -0.4 is 10.1 Å². The molecule has 0 unspecified atom stereocenters. The van der Waals surface area contributed by atoms with Crippen LogP contribution in [0.4, 0.5) is 5.69 Å². The first kappa shape index (κ1) is 23.3. The first-order chi connectivity index (χ1) is 15.4. The van der Waals surface area contributed by atoms with Gasteiger partial charge >= 0.3 is 0 Å². The van der Waals surface area contributed by atoms with Gasteiger partial charge in [-0.05, 0) is 50.1 Å². The molecule has 0 radical (unpaired) electrons. The molecule has 0 saturated heterocycles. The van der Waals surface area contributed by atoms with Gasteiger partial charge in [0.15, 0.2) is 16.8 Å². The molecule has 7 nitrogen and oxygen atoms in total. The van der Waals surface area contributed by atoms with Crippen molar-refractivity contribution in [1.82, 2.24) is 14.8 Å². The van der Waals surface area contributed by atoms with E-state index in [1.165, 1.54) is 18.7 Å². The third-order valence-electron chi connectivity index (χ3n) is 4.69. The standard InChI is InChI=1S/C24H26N4O3S/c1-5-11-28-22(14-31-21-12-16(2)9-10-17(21)3)26-27-24(28)32-15-23(30)25-20-8-6-7-19(13-20)18(4)29/h5-10,12-13H,1,11,14-15H2,2-4H3,(H,25,30). The number of carbonyl (C=O) groups is 2. The van der Waals surface area contributed by atoms with E-state index in [9.17, 15) is 9.59 Å². The lowest BCUT2D eigenvalue weighted by Crippen LogP contribution is -2.15. The molecule has 166 valence electrons. The highest BCUT2D eigenvalue weighted by atomic mass is 32.2. The van der Waals surface area contributed by atoms with Gasteiger partial charge in [-0.3, -0.25) is 14.2 Å². The number of ketones is 1. The topological polar surface area (TPSA) is 86.1 Å². The van der Waals surface area contributed by atoms with Crippen LogP contribution >= 0.6 is 11.8 Å². The molecule has 3 rings (SSSR count). The number of nitrogens with one attached hydrogen (secondary N) is 1. The minimum Gasteiger partial charge on any atom is -0.485 e. The molecule has 1 amide bonds. The number of rotatable bonds is 10.